The maximum absolute atomic E-state index is 12.8. The van der Waals surface area contributed by atoms with Crippen molar-refractivity contribution >= 4 is 5.82 Å². The fraction of sp³-hybridized carbons (Fsp3) is 0.467. The average Bonchev–Trinajstić information content (AvgIpc) is 3.00. The van der Waals surface area contributed by atoms with E-state index in [1.165, 1.54) is 0 Å². The lowest BCUT2D eigenvalue weighted by atomic mass is 10.2. The molecule has 142 valence electrons. The Kier molecular flexibility index (Phi) is 4.82. The van der Waals surface area contributed by atoms with Crippen LogP contribution in [-0.2, 0) is 25.4 Å². The summed E-state index contributed by atoms with van der Waals surface area (Å²) >= 11 is 0. The SMILES string of the molecule is FC(F)(F)c1cc(NCCN2CCn3cncc3C2)nc(C(F)(F)F)c1. The Hall–Kier alpha value is -2.30. The lowest BCUT2D eigenvalue weighted by Gasteiger charge is -2.28. The number of alkyl halides is 6. The van der Waals surface area contributed by atoms with Crippen molar-refractivity contribution in [1.29, 1.82) is 0 Å². The van der Waals surface area contributed by atoms with Crippen LogP contribution >= 0.6 is 0 Å². The molecule has 0 aliphatic carbocycles. The second-order valence-corrected chi connectivity index (χ2v) is 5.90. The summed E-state index contributed by atoms with van der Waals surface area (Å²) in [4.78, 5) is 9.32. The van der Waals surface area contributed by atoms with E-state index < -0.39 is 29.4 Å². The third kappa shape index (κ3) is 4.26. The van der Waals surface area contributed by atoms with Crippen molar-refractivity contribution in [3.05, 3.63) is 41.6 Å². The van der Waals surface area contributed by atoms with E-state index in [-0.39, 0.29) is 12.6 Å². The largest absolute Gasteiger partial charge is 0.433 e. The van der Waals surface area contributed by atoms with Gasteiger partial charge in [-0.15, -0.1) is 0 Å². The van der Waals surface area contributed by atoms with Gasteiger partial charge < -0.3 is 9.88 Å². The van der Waals surface area contributed by atoms with Gasteiger partial charge in [0.15, 0.2) is 0 Å². The van der Waals surface area contributed by atoms with Crippen molar-refractivity contribution in [3.63, 3.8) is 0 Å². The van der Waals surface area contributed by atoms with Crippen LogP contribution in [0, 0.1) is 0 Å². The van der Waals surface area contributed by atoms with E-state index in [2.05, 4.69) is 15.3 Å². The van der Waals surface area contributed by atoms with E-state index in [0.717, 1.165) is 18.8 Å². The van der Waals surface area contributed by atoms with Crippen molar-refractivity contribution in [3.8, 4) is 0 Å². The predicted molar refractivity (Wildman–Crippen MR) is 80.2 cm³/mol. The zero-order chi connectivity index (χ0) is 18.9. The van der Waals surface area contributed by atoms with Gasteiger partial charge in [0.1, 0.15) is 11.5 Å². The van der Waals surface area contributed by atoms with Crippen LogP contribution in [-0.4, -0.2) is 39.1 Å². The lowest BCUT2D eigenvalue weighted by molar-refractivity contribution is -0.145. The zero-order valence-electron chi connectivity index (χ0n) is 13.4. The molecule has 11 heteroatoms. The first kappa shape index (κ1) is 18.5. The number of anilines is 1. The molecule has 0 aromatic carbocycles. The van der Waals surface area contributed by atoms with Crippen molar-refractivity contribution in [2.24, 2.45) is 0 Å². The number of nitrogens with one attached hydrogen (secondary N) is 1. The number of halogens is 6. The number of hydrogen-bond donors (Lipinski definition) is 1. The summed E-state index contributed by atoms with van der Waals surface area (Å²) in [5, 5.41) is 2.56. The topological polar surface area (TPSA) is 46.0 Å². The number of nitrogens with zero attached hydrogens (tertiary/aromatic N) is 4. The molecule has 0 unspecified atom stereocenters. The van der Waals surface area contributed by atoms with Gasteiger partial charge in [-0.05, 0) is 12.1 Å². The Morgan fingerprint density at radius 2 is 1.81 bits per heavy atom. The highest BCUT2D eigenvalue weighted by Gasteiger charge is 2.38. The molecule has 3 rings (SSSR count). The molecule has 3 heterocycles. The molecule has 2 aromatic heterocycles. The maximum Gasteiger partial charge on any atom is 0.433 e. The summed E-state index contributed by atoms with van der Waals surface area (Å²) in [7, 11) is 0. The molecule has 0 bridgehead atoms. The zero-order valence-corrected chi connectivity index (χ0v) is 13.4. The van der Waals surface area contributed by atoms with Gasteiger partial charge in [-0.2, -0.15) is 26.3 Å². The summed E-state index contributed by atoms with van der Waals surface area (Å²) in [6.45, 7) is 2.68. The Morgan fingerprint density at radius 3 is 2.50 bits per heavy atom. The summed E-state index contributed by atoms with van der Waals surface area (Å²) < 4.78 is 78.8. The normalized spacial score (nSPS) is 15.8. The fourth-order valence-corrected chi connectivity index (χ4v) is 2.70. The van der Waals surface area contributed by atoms with Crippen LogP contribution in [0.1, 0.15) is 17.0 Å². The summed E-state index contributed by atoms with van der Waals surface area (Å²) in [6.07, 6.45) is -6.40. The molecule has 5 nitrogen and oxygen atoms in total. The molecule has 1 aliphatic heterocycles. The van der Waals surface area contributed by atoms with Crippen LogP contribution in [0.2, 0.25) is 0 Å². The quantitative estimate of drug-likeness (QED) is 0.829. The Labute approximate surface area is 144 Å². The van der Waals surface area contributed by atoms with E-state index in [1.54, 1.807) is 12.5 Å². The van der Waals surface area contributed by atoms with Gasteiger partial charge in [-0.1, -0.05) is 0 Å². The molecule has 0 saturated carbocycles. The second-order valence-electron chi connectivity index (χ2n) is 5.90. The third-order valence-electron chi connectivity index (χ3n) is 4.02. The van der Waals surface area contributed by atoms with Crippen molar-refractivity contribution in [1.82, 2.24) is 19.4 Å². The minimum absolute atomic E-state index is 0.0109. The number of rotatable bonds is 4. The number of imidazole rings is 1. The number of fused-ring (bicyclic) bond motifs is 1. The fourth-order valence-electron chi connectivity index (χ4n) is 2.70. The average molecular weight is 379 g/mol. The first-order chi connectivity index (χ1) is 12.1. The highest BCUT2D eigenvalue weighted by atomic mass is 19.4. The summed E-state index contributed by atoms with van der Waals surface area (Å²) in [5.41, 5.74) is -1.95. The Balaban J connectivity index is 1.66. The second kappa shape index (κ2) is 6.78. The summed E-state index contributed by atoms with van der Waals surface area (Å²) in [6, 6.07) is 0.595. The molecule has 2 aromatic rings. The molecule has 0 fully saturated rings. The van der Waals surface area contributed by atoms with Crippen molar-refractivity contribution < 1.29 is 26.3 Å². The van der Waals surface area contributed by atoms with E-state index in [0.29, 0.717) is 19.2 Å². The highest BCUT2D eigenvalue weighted by molar-refractivity contribution is 5.41. The molecular weight excluding hydrogens is 364 g/mol. The highest BCUT2D eigenvalue weighted by Crippen LogP contribution is 2.35. The van der Waals surface area contributed by atoms with E-state index in [9.17, 15) is 26.3 Å². The smallest absolute Gasteiger partial charge is 0.369 e. The molecule has 0 amide bonds. The van der Waals surface area contributed by atoms with Crippen LogP contribution in [0.5, 0.6) is 0 Å². The van der Waals surface area contributed by atoms with E-state index >= 15 is 0 Å². The Morgan fingerprint density at radius 1 is 1.04 bits per heavy atom. The van der Waals surface area contributed by atoms with Gasteiger partial charge in [-0.25, -0.2) is 9.97 Å². The van der Waals surface area contributed by atoms with Crippen molar-refractivity contribution in [2.75, 3.05) is 25.0 Å². The van der Waals surface area contributed by atoms with Gasteiger partial charge in [0.2, 0.25) is 0 Å². The first-order valence-corrected chi connectivity index (χ1v) is 7.74. The number of pyridine rings is 1. The lowest BCUT2D eigenvalue weighted by Crippen LogP contribution is -2.36. The minimum atomic E-state index is -4.96. The molecule has 26 heavy (non-hydrogen) atoms. The maximum atomic E-state index is 12.8. The molecule has 1 aliphatic rings. The molecule has 0 atom stereocenters. The standard InChI is InChI=1S/C15H15F6N5/c16-14(17,18)10-5-12(15(19,20)21)24-13(6-10)23-1-2-25-3-4-26-9-22-7-11(26)8-25/h5-7,9H,1-4,8H2,(H,23,24). The molecule has 1 N–H and O–H groups in total. The van der Waals surface area contributed by atoms with Crippen LogP contribution in [0.15, 0.2) is 24.7 Å². The van der Waals surface area contributed by atoms with Gasteiger partial charge in [-0.3, -0.25) is 4.90 Å². The molecule has 0 radical (unpaired) electrons. The molecule has 0 saturated heterocycles. The van der Waals surface area contributed by atoms with Crippen LogP contribution in [0.25, 0.3) is 0 Å². The van der Waals surface area contributed by atoms with Crippen molar-refractivity contribution in [2.45, 2.75) is 25.4 Å². The number of hydrogen-bond acceptors (Lipinski definition) is 4. The van der Waals surface area contributed by atoms with E-state index in [4.69, 9.17) is 0 Å². The number of aromatic nitrogens is 3. The monoisotopic (exact) mass is 379 g/mol. The van der Waals surface area contributed by atoms with Gasteiger partial charge in [0, 0.05) is 38.9 Å². The first-order valence-electron chi connectivity index (χ1n) is 7.74. The van der Waals surface area contributed by atoms with Gasteiger partial charge in [0.25, 0.3) is 0 Å². The van der Waals surface area contributed by atoms with Crippen LogP contribution in [0.4, 0.5) is 32.2 Å². The summed E-state index contributed by atoms with van der Waals surface area (Å²) in [5.74, 6) is -0.450. The molecular formula is C15H15F6N5. The van der Waals surface area contributed by atoms with Gasteiger partial charge >= 0.3 is 12.4 Å². The minimum Gasteiger partial charge on any atom is -0.369 e. The van der Waals surface area contributed by atoms with Gasteiger partial charge in [0.05, 0.1) is 17.6 Å². The Bertz CT molecular complexity index is 734. The van der Waals surface area contributed by atoms with Crippen LogP contribution in [0.3, 0.4) is 0 Å². The van der Waals surface area contributed by atoms with E-state index in [1.807, 2.05) is 9.47 Å². The predicted octanol–water partition coefficient (Wildman–Crippen LogP) is 3.24. The third-order valence-corrected chi connectivity index (χ3v) is 4.02. The molecule has 0 spiro atoms. The van der Waals surface area contributed by atoms with Crippen LogP contribution < -0.4 is 5.32 Å².